The highest BCUT2D eigenvalue weighted by Gasteiger charge is 2.34. The second-order valence-electron chi connectivity index (χ2n) is 10.3. The summed E-state index contributed by atoms with van der Waals surface area (Å²) in [5.74, 6) is 0.484. The van der Waals surface area contributed by atoms with Crippen molar-refractivity contribution in [2.75, 3.05) is 32.2 Å². The van der Waals surface area contributed by atoms with Crippen LogP contribution in [0.3, 0.4) is 0 Å². The third-order valence-corrected chi connectivity index (χ3v) is 8.66. The number of benzene rings is 3. The van der Waals surface area contributed by atoms with Gasteiger partial charge in [0.15, 0.2) is 11.5 Å². The predicted octanol–water partition coefficient (Wildman–Crippen LogP) is 4.55. The highest BCUT2D eigenvalue weighted by molar-refractivity contribution is 7.92. The Kier molecular flexibility index (Phi) is 11.4. The summed E-state index contributed by atoms with van der Waals surface area (Å²) < 4.78 is 45.3. The Hall–Kier alpha value is -4.25. The van der Waals surface area contributed by atoms with Crippen molar-refractivity contribution < 1.29 is 32.2 Å². The van der Waals surface area contributed by atoms with Crippen LogP contribution in [0.1, 0.15) is 38.3 Å². The van der Waals surface area contributed by atoms with Crippen LogP contribution in [-0.2, 0) is 26.2 Å². The lowest BCUT2D eigenvalue weighted by Gasteiger charge is -2.33. The van der Waals surface area contributed by atoms with Crippen molar-refractivity contribution in [2.45, 2.75) is 57.6 Å². The third-order valence-electron chi connectivity index (χ3n) is 6.87. The Morgan fingerprint density at radius 1 is 0.860 bits per heavy atom. The smallest absolute Gasteiger partial charge is 0.264 e. The quantitative estimate of drug-likeness (QED) is 0.285. The number of carbonyl (C=O) groups excluding carboxylic acids is 2. The van der Waals surface area contributed by atoms with Crippen LogP contribution in [0, 0.1) is 6.92 Å². The number of rotatable bonds is 14. The Labute approximate surface area is 254 Å². The zero-order valence-corrected chi connectivity index (χ0v) is 26.6. The van der Waals surface area contributed by atoms with E-state index in [0.717, 1.165) is 15.4 Å². The van der Waals surface area contributed by atoms with Crippen LogP contribution in [0.4, 0.5) is 5.69 Å². The molecule has 3 rings (SSSR count). The maximum absolute atomic E-state index is 14.2. The van der Waals surface area contributed by atoms with Crippen LogP contribution >= 0.6 is 0 Å². The van der Waals surface area contributed by atoms with Gasteiger partial charge in [0.05, 0.1) is 31.9 Å². The van der Waals surface area contributed by atoms with Gasteiger partial charge in [-0.15, -0.1) is 0 Å². The molecule has 10 nitrogen and oxygen atoms in total. The average Bonchev–Trinajstić information content (AvgIpc) is 2.99. The van der Waals surface area contributed by atoms with E-state index in [1.165, 1.54) is 37.3 Å². The first-order valence-corrected chi connectivity index (χ1v) is 15.4. The molecule has 3 aromatic carbocycles. The van der Waals surface area contributed by atoms with E-state index in [0.29, 0.717) is 23.7 Å². The predicted molar refractivity (Wildman–Crippen MR) is 166 cm³/mol. The number of amides is 2. The topological polar surface area (TPSA) is 114 Å². The van der Waals surface area contributed by atoms with Crippen molar-refractivity contribution in [1.29, 1.82) is 0 Å². The molecule has 0 saturated heterocycles. The molecule has 43 heavy (non-hydrogen) atoms. The fraction of sp³-hybridized carbons (Fsp3) is 0.375. The summed E-state index contributed by atoms with van der Waals surface area (Å²) in [5, 5.41) is 2.89. The molecule has 1 N–H and O–H groups in total. The number of aryl methyl sites for hydroxylation is 1. The van der Waals surface area contributed by atoms with E-state index in [4.69, 9.17) is 14.2 Å². The van der Waals surface area contributed by atoms with Crippen LogP contribution in [0.15, 0.2) is 71.6 Å². The van der Waals surface area contributed by atoms with E-state index in [9.17, 15) is 18.0 Å². The molecule has 1 atom stereocenters. The van der Waals surface area contributed by atoms with Gasteiger partial charge >= 0.3 is 0 Å². The maximum atomic E-state index is 14.2. The molecular weight excluding hydrogens is 570 g/mol. The summed E-state index contributed by atoms with van der Waals surface area (Å²) >= 11 is 0. The number of hydrogen-bond acceptors (Lipinski definition) is 7. The Morgan fingerprint density at radius 2 is 1.49 bits per heavy atom. The van der Waals surface area contributed by atoms with Gasteiger partial charge in [0.2, 0.25) is 11.8 Å². The normalized spacial score (nSPS) is 11.9. The lowest BCUT2D eigenvalue weighted by atomic mass is 10.1. The zero-order valence-electron chi connectivity index (χ0n) is 25.8. The zero-order chi connectivity index (χ0) is 31.7. The first kappa shape index (κ1) is 33.3. The molecule has 0 aliphatic rings. The number of nitrogens with zero attached hydrogens (tertiary/aromatic N) is 2. The van der Waals surface area contributed by atoms with Gasteiger partial charge in [-0.3, -0.25) is 13.9 Å². The largest absolute Gasteiger partial charge is 0.497 e. The molecule has 3 aromatic rings. The molecule has 0 heterocycles. The van der Waals surface area contributed by atoms with E-state index >= 15 is 0 Å². The molecular formula is C32H41N3O7S. The van der Waals surface area contributed by atoms with Crippen molar-refractivity contribution in [2.24, 2.45) is 0 Å². The van der Waals surface area contributed by atoms with E-state index in [1.54, 1.807) is 55.6 Å². The van der Waals surface area contributed by atoms with Gasteiger partial charge in [-0.1, -0.05) is 36.8 Å². The fourth-order valence-corrected chi connectivity index (χ4v) is 5.98. The SMILES string of the molecule is CCC(C(=O)NC(C)C)N(Cc1ccc(OC)cc1)C(=O)CN(c1ccc(OC)c(OC)c1)S(=O)(=O)c1ccc(C)cc1. The van der Waals surface area contributed by atoms with Gasteiger partial charge < -0.3 is 24.4 Å². The third kappa shape index (κ3) is 8.19. The van der Waals surface area contributed by atoms with Crippen molar-refractivity contribution >= 4 is 27.5 Å². The summed E-state index contributed by atoms with van der Waals surface area (Å²) in [6.07, 6.45) is 0.321. The molecule has 0 fully saturated rings. The van der Waals surface area contributed by atoms with E-state index in [2.05, 4.69) is 5.32 Å². The van der Waals surface area contributed by atoms with Crippen molar-refractivity contribution in [3.8, 4) is 17.2 Å². The van der Waals surface area contributed by atoms with Gasteiger partial charge in [0, 0.05) is 18.7 Å². The molecule has 0 saturated carbocycles. The number of hydrogen-bond donors (Lipinski definition) is 1. The number of anilines is 1. The molecule has 0 aliphatic carbocycles. The molecule has 0 aromatic heterocycles. The maximum Gasteiger partial charge on any atom is 0.264 e. The lowest BCUT2D eigenvalue weighted by Crippen LogP contribution is -2.53. The summed E-state index contributed by atoms with van der Waals surface area (Å²) in [6.45, 7) is 6.87. The Bertz CT molecular complexity index is 1490. The van der Waals surface area contributed by atoms with Crippen molar-refractivity contribution in [1.82, 2.24) is 10.2 Å². The monoisotopic (exact) mass is 611 g/mol. The summed E-state index contributed by atoms with van der Waals surface area (Å²) in [5.41, 5.74) is 1.85. The summed E-state index contributed by atoms with van der Waals surface area (Å²) in [6, 6.07) is 17.2. The van der Waals surface area contributed by atoms with E-state index < -0.39 is 28.5 Å². The molecule has 11 heteroatoms. The highest BCUT2D eigenvalue weighted by atomic mass is 32.2. The molecule has 0 bridgehead atoms. The van der Waals surface area contributed by atoms with Crippen LogP contribution in [-0.4, -0.2) is 65.1 Å². The minimum absolute atomic E-state index is 0.0204. The van der Waals surface area contributed by atoms with Gasteiger partial charge in [-0.05, 0) is 69.2 Å². The van der Waals surface area contributed by atoms with Crippen LogP contribution in [0.2, 0.25) is 0 Å². The number of methoxy groups -OCH3 is 3. The summed E-state index contributed by atoms with van der Waals surface area (Å²) in [7, 11) is 0.260. The van der Waals surface area contributed by atoms with Gasteiger partial charge in [0.25, 0.3) is 10.0 Å². The fourth-order valence-electron chi connectivity index (χ4n) is 4.57. The molecule has 1 unspecified atom stereocenters. The molecule has 232 valence electrons. The van der Waals surface area contributed by atoms with Gasteiger partial charge in [0.1, 0.15) is 18.3 Å². The van der Waals surface area contributed by atoms with Crippen molar-refractivity contribution in [3.63, 3.8) is 0 Å². The minimum Gasteiger partial charge on any atom is -0.497 e. The first-order valence-electron chi connectivity index (χ1n) is 14.0. The Morgan fingerprint density at radius 3 is 2.02 bits per heavy atom. The average molecular weight is 612 g/mol. The highest BCUT2D eigenvalue weighted by Crippen LogP contribution is 2.34. The molecule has 0 spiro atoms. The van der Waals surface area contributed by atoms with Crippen LogP contribution in [0.5, 0.6) is 17.2 Å². The second kappa shape index (κ2) is 14.8. The number of nitrogens with one attached hydrogen (secondary N) is 1. The number of carbonyl (C=O) groups is 2. The standard InChI is InChI=1S/C32H41N3O7S/c1-8-28(32(37)33-22(2)3)34(20-24-11-14-26(40-5)15-12-24)31(36)21-35(25-13-18-29(41-6)30(19-25)42-7)43(38,39)27-16-9-23(4)10-17-27/h9-19,22,28H,8,20-21H2,1-7H3,(H,33,37). The molecule has 0 radical (unpaired) electrons. The van der Waals surface area contributed by atoms with Gasteiger partial charge in [-0.2, -0.15) is 0 Å². The lowest BCUT2D eigenvalue weighted by molar-refractivity contribution is -0.140. The van der Waals surface area contributed by atoms with E-state index in [-0.39, 0.29) is 29.1 Å². The van der Waals surface area contributed by atoms with Crippen molar-refractivity contribution in [3.05, 3.63) is 77.9 Å². The first-order chi connectivity index (χ1) is 20.4. The van der Waals surface area contributed by atoms with E-state index in [1.807, 2.05) is 27.7 Å². The number of ether oxygens (including phenoxy) is 3. The minimum atomic E-state index is -4.23. The van der Waals surface area contributed by atoms with Gasteiger partial charge in [-0.25, -0.2) is 8.42 Å². The second-order valence-corrected chi connectivity index (χ2v) is 12.2. The van der Waals surface area contributed by atoms with Crippen LogP contribution in [0.25, 0.3) is 0 Å². The Balaban J connectivity index is 2.11. The summed E-state index contributed by atoms with van der Waals surface area (Å²) in [4.78, 5) is 29.0. The molecule has 0 aliphatic heterocycles. The van der Waals surface area contributed by atoms with Crippen LogP contribution < -0.4 is 23.8 Å². The molecule has 2 amide bonds. The number of sulfonamides is 1.